The Morgan fingerprint density at radius 3 is 2.53 bits per heavy atom. The zero-order valence-corrected chi connectivity index (χ0v) is 19.4. The second-order valence-electron chi connectivity index (χ2n) is 6.55. The molecule has 4 rings (SSSR count). The molecular formula is C22H18Cl2N4O3S. The number of hydrogen-bond acceptors (Lipinski definition) is 7. The van der Waals surface area contributed by atoms with Crippen molar-refractivity contribution in [3.05, 3.63) is 64.8 Å². The molecule has 0 unspecified atom stereocenters. The van der Waals surface area contributed by atoms with Crippen LogP contribution in [0.25, 0.3) is 34.0 Å². The van der Waals surface area contributed by atoms with Gasteiger partial charge in [-0.15, -0.1) is 0 Å². The standard InChI is InChI=1S/C22H18Cl2N4O3S/c1-30-12-31-14-6-3-5-13(11-14)19-20(17-9-10-25-22(26-17)32-2)28(29)21(27-19)18-15(23)7-4-8-16(18)24/h3-11,29H,12H2,1-2H3. The molecule has 0 saturated carbocycles. The molecule has 0 radical (unpaired) electrons. The first-order valence-corrected chi connectivity index (χ1v) is 11.4. The van der Waals surface area contributed by atoms with Crippen LogP contribution in [-0.4, -0.2) is 45.0 Å². The summed E-state index contributed by atoms with van der Waals surface area (Å²) in [5, 5.41) is 12.5. The lowest BCUT2D eigenvalue weighted by molar-refractivity contribution is 0.0511. The SMILES string of the molecule is COCOc1cccc(-c2nc(-c3c(Cl)cccc3Cl)n(O)c2-c2ccnc(SC)n2)c1. The Kier molecular flexibility index (Phi) is 6.86. The van der Waals surface area contributed by atoms with Crippen molar-refractivity contribution in [1.29, 1.82) is 0 Å². The second-order valence-corrected chi connectivity index (χ2v) is 8.14. The van der Waals surface area contributed by atoms with Gasteiger partial charge in [-0.1, -0.05) is 53.2 Å². The highest BCUT2D eigenvalue weighted by molar-refractivity contribution is 7.98. The van der Waals surface area contributed by atoms with Gasteiger partial charge in [0.15, 0.2) is 17.8 Å². The summed E-state index contributed by atoms with van der Waals surface area (Å²) in [6.07, 6.45) is 3.51. The predicted octanol–water partition coefficient (Wildman–Crippen LogP) is 5.92. The molecule has 0 spiro atoms. The van der Waals surface area contributed by atoms with Crippen molar-refractivity contribution in [1.82, 2.24) is 19.7 Å². The van der Waals surface area contributed by atoms with Crippen molar-refractivity contribution in [2.45, 2.75) is 5.16 Å². The van der Waals surface area contributed by atoms with E-state index in [-0.39, 0.29) is 12.6 Å². The summed E-state index contributed by atoms with van der Waals surface area (Å²) in [4.78, 5) is 13.5. The number of ether oxygens (including phenoxy) is 2. The van der Waals surface area contributed by atoms with Gasteiger partial charge in [0.05, 0.1) is 21.3 Å². The van der Waals surface area contributed by atoms with Gasteiger partial charge < -0.3 is 14.7 Å². The number of rotatable bonds is 7. The van der Waals surface area contributed by atoms with E-state index in [1.165, 1.54) is 11.8 Å². The number of methoxy groups -OCH3 is 1. The van der Waals surface area contributed by atoms with Crippen molar-refractivity contribution in [2.24, 2.45) is 0 Å². The fraction of sp³-hybridized carbons (Fsp3) is 0.136. The van der Waals surface area contributed by atoms with Gasteiger partial charge in [-0.3, -0.25) is 0 Å². The molecule has 164 valence electrons. The molecule has 0 amide bonds. The minimum Gasteiger partial charge on any atom is -0.468 e. The summed E-state index contributed by atoms with van der Waals surface area (Å²) in [6.45, 7) is 0.105. The Bertz CT molecular complexity index is 1250. The highest BCUT2D eigenvalue weighted by atomic mass is 35.5. The normalized spacial score (nSPS) is 11.0. The lowest BCUT2D eigenvalue weighted by atomic mass is 10.1. The van der Waals surface area contributed by atoms with Gasteiger partial charge in [-0.2, -0.15) is 4.73 Å². The molecule has 0 aliphatic heterocycles. The third-order valence-electron chi connectivity index (χ3n) is 4.55. The van der Waals surface area contributed by atoms with Crippen LogP contribution in [0.5, 0.6) is 5.75 Å². The highest BCUT2D eigenvalue weighted by Crippen LogP contribution is 2.40. The summed E-state index contributed by atoms with van der Waals surface area (Å²) in [7, 11) is 1.55. The van der Waals surface area contributed by atoms with Crippen molar-refractivity contribution in [3.8, 4) is 39.8 Å². The Morgan fingerprint density at radius 1 is 1.06 bits per heavy atom. The molecule has 2 aromatic heterocycles. The van der Waals surface area contributed by atoms with Crippen LogP contribution in [0.1, 0.15) is 0 Å². The molecule has 0 aliphatic rings. The first kappa shape index (κ1) is 22.4. The van der Waals surface area contributed by atoms with Crippen molar-refractivity contribution >= 4 is 35.0 Å². The Morgan fingerprint density at radius 2 is 1.81 bits per heavy atom. The maximum atomic E-state index is 11.2. The van der Waals surface area contributed by atoms with Crippen LogP contribution in [0.2, 0.25) is 10.0 Å². The van der Waals surface area contributed by atoms with Crippen LogP contribution in [0, 0.1) is 0 Å². The zero-order chi connectivity index (χ0) is 22.7. The van der Waals surface area contributed by atoms with E-state index < -0.39 is 0 Å². The quantitative estimate of drug-likeness (QED) is 0.149. The third kappa shape index (κ3) is 4.40. The number of benzene rings is 2. The van der Waals surface area contributed by atoms with E-state index in [2.05, 4.69) is 9.97 Å². The van der Waals surface area contributed by atoms with Gasteiger partial charge >= 0.3 is 0 Å². The fourth-order valence-corrected chi connectivity index (χ4v) is 4.07. The summed E-state index contributed by atoms with van der Waals surface area (Å²) < 4.78 is 11.5. The van der Waals surface area contributed by atoms with Gasteiger partial charge in [0.2, 0.25) is 0 Å². The topological polar surface area (TPSA) is 82.3 Å². The van der Waals surface area contributed by atoms with E-state index in [0.29, 0.717) is 49.2 Å². The number of hydrogen-bond donors (Lipinski definition) is 1. The average molecular weight is 489 g/mol. The highest BCUT2D eigenvalue weighted by Gasteiger charge is 2.25. The van der Waals surface area contributed by atoms with Crippen LogP contribution in [0.15, 0.2) is 59.9 Å². The first-order valence-electron chi connectivity index (χ1n) is 9.39. The molecule has 0 saturated heterocycles. The summed E-state index contributed by atoms with van der Waals surface area (Å²) in [5.41, 5.74) is 2.46. The van der Waals surface area contributed by atoms with Crippen LogP contribution >= 0.6 is 35.0 Å². The Labute approximate surface area is 198 Å². The third-order valence-corrected chi connectivity index (χ3v) is 5.74. The van der Waals surface area contributed by atoms with Crippen LogP contribution in [0.3, 0.4) is 0 Å². The van der Waals surface area contributed by atoms with Crippen LogP contribution in [-0.2, 0) is 4.74 Å². The minimum absolute atomic E-state index is 0.105. The monoisotopic (exact) mass is 488 g/mol. The maximum Gasteiger partial charge on any atom is 0.188 e. The van der Waals surface area contributed by atoms with Crippen molar-refractivity contribution < 1.29 is 14.7 Å². The molecule has 10 heteroatoms. The Balaban J connectivity index is 1.96. The molecule has 7 nitrogen and oxygen atoms in total. The molecule has 0 fully saturated rings. The molecular weight excluding hydrogens is 471 g/mol. The minimum atomic E-state index is 0.105. The lowest BCUT2D eigenvalue weighted by Crippen LogP contribution is -2.01. The number of halogens is 2. The van der Waals surface area contributed by atoms with Gasteiger partial charge in [-0.05, 0) is 36.6 Å². The van der Waals surface area contributed by atoms with Crippen LogP contribution in [0.4, 0.5) is 0 Å². The first-order chi connectivity index (χ1) is 15.5. The molecule has 2 aromatic carbocycles. The molecule has 1 N–H and O–H groups in total. The van der Waals surface area contributed by atoms with Gasteiger partial charge in [0.1, 0.15) is 17.1 Å². The fourth-order valence-electron chi connectivity index (χ4n) is 3.15. The van der Waals surface area contributed by atoms with Gasteiger partial charge in [-0.25, -0.2) is 15.0 Å². The van der Waals surface area contributed by atoms with Crippen LogP contribution < -0.4 is 4.74 Å². The molecule has 0 bridgehead atoms. The number of imidazole rings is 1. The molecule has 4 aromatic rings. The molecule has 0 atom stereocenters. The van der Waals surface area contributed by atoms with E-state index in [1.54, 1.807) is 49.7 Å². The summed E-state index contributed by atoms with van der Waals surface area (Å²) in [6, 6.07) is 14.1. The average Bonchev–Trinajstić information content (AvgIpc) is 3.14. The Hall–Kier alpha value is -2.78. The second kappa shape index (κ2) is 9.79. The van der Waals surface area contributed by atoms with E-state index in [4.69, 9.17) is 37.7 Å². The van der Waals surface area contributed by atoms with E-state index in [9.17, 15) is 5.21 Å². The smallest absolute Gasteiger partial charge is 0.188 e. The molecule has 2 heterocycles. The predicted molar refractivity (Wildman–Crippen MR) is 126 cm³/mol. The summed E-state index contributed by atoms with van der Waals surface area (Å²) >= 11 is 14.2. The molecule has 32 heavy (non-hydrogen) atoms. The van der Waals surface area contributed by atoms with E-state index in [1.807, 2.05) is 18.4 Å². The zero-order valence-electron chi connectivity index (χ0n) is 17.1. The number of thioether (sulfide) groups is 1. The van der Waals surface area contributed by atoms with Gasteiger partial charge in [0.25, 0.3) is 0 Å². The van der Waals surface area contributed by atoms with E-state index >= 15 is 0 Å². The summed E-state index contributed by atoms with van der Waals surface area (Å²) in [5.74, 6) is 0.783. The maximum absolute atomic E-state index is 11.2. The van der Waals surface area contributed by atoms with Gasteiger partial charge in [0, 0.05) is 18.9 Å². The molecule has 0 aliphatic carbocycles. The largest absolute Gasteiger partial charge is 0.468 e. The van der Waals surface area contributed by atoms with E-state index in [0.717, 1.165) is 4.73 Å². The van der Waals surface area contributed by atoms with Crippen molar-refractivity contribution in [3.63, 3.8) is 0 Å². The number of aromatic nitrogens is 4. The van der Waals surface area contributed by atoms with Crippen molar-refractivity contribution in [2.75, 3.05) is 20.2 Å². The lowest BCUT2D eigenvalue weighted by Gasteiger charge is -2.09. The number of nitrogens with zero attached hydrogens (tertiary/aromatic N) is 4.